The van der Waals surface area contributed by atoms with E-state index in [-0.39, 0.29) is 0 Å². The number of para-hydroxylation sites is 3. The van der Waals surface area contributed by atoms with Crippen LogP contribution in [-0.4, -0.2) is 9.13 Å². The lowest BCUT2D eigenvalue weighted by Gasteiger charge is -2.19. The smallest absolute Gasteiger partial charge is 0.0991 e. The molecular formula is C56H34N4. The zero-order valence-electron chi connectivity index (χ0n) is 32.4. The van der Waals surface area contributed by atoms with Crippen molar-refractivity contribution in [2.24, 2.45) is 0 Å². The third-order valence-corrected chi connectivity index (χ3v) is 11.8. The molecule has 9 aromatic carbocycles. The highest BCUT2D eigenvalue weighted by atomic mass is 15.0. The minimum absolute atomic E-state index is 0.633. The Labute approximate surface area is 347 Å². The maximum absolute atomic E-state index is 9.91. The van der Waals surface area contributed by atoms with Gasteiger partial charge in [-0.25, -0.2) is 0 Å². The van der Waals surface area contributed by atoms with Crippen molar-refractivity contribution < 1.29 is 0 Å². The summed E-state index contributed by atoms with van der Waals surface area (Å²) in [5.74, 6) is 0. The second-order valence-corrected chi connectivity index (χ2v) is 15.1. The molecule has 2 heterocycles. The Kier molecular flexibility index (Phi) is 8.22. The first-order valence-electron chi connectivity index (χ1n) is 20.0. The molecule has 0 unspecified atom stereocenters. The Bertz CT molecular complexity index is 3530. The zero-order valence-corrected chi connectivity index (χ0v) is 32.4. The van der Waals surface area contributed by atoms with Crippen LogP contribution in [0, 0.1) is 22.7 Å². The number of benzene rings is 9. The number of aromatic nitrogens is 2. The molecule has 2 aromatic heterocycles. The lowest BCUT2D eigenvalue weighted by Crippen LogP contribution is -2.00. The zero-order chi connectivity index (χ0) is 40.2. The topological polar surface area (TPSA) is 57.4 Å². The van der Waals surface area contributed by atoms with Crippen LogP contribution in [0.5, 0.6) is 0 Å². The Balaban J connectivity index is 1.19. The summed E-state index contributed by atoms with van der Waals surface area (Å²) >= 11 is 0. The molecule has 0 radical (unpaired) electrons. The fraction of sp³-hybridized carbons (Fsp3) is 0. The van der Waals surface area contributed by atoms with Crippen LogP contribution < -0.4 is 0 Å². The van der Waals surface area contributed by atoms with Crippen molar-refractivity contribution in [3.8, 4) is 68.0 Å². The molecule has 0 fully saturated rings. The molecule has 0 amide bonds. The summed E-state index contributed by atoms with van der Waals surface area (Å²) in [5.41, 5.74) is 16.4. The van der Waals surface area contributed by atoms with Crippen molar-refractivity contribution in [1.82, 2.24) is 9.13 Å². The molecule has 0 N–H and O–H groups in total. The van der Waals surface area contributed by atoms with Gasteiger partial charge in [-0.1, -0.05) is 140 Å². The van der Waals surface area contributed by atoms with Gasteiger partial charge in [0.2, 0.25) is 0 Å². The standard InChI is InChI=1S/C56H34N4/c57-35-37-14-13-15-39(30-37)43-16-1-3-18-45(43)47-20-5-6-21-48(47)46-19-4-2-17-44(46)40-32-41(59-53-25-10-7-22-49(53)50-23-8-11-26-54(50)59)34-42(33-40)60-55-27-12-9-24-51(55)52-31-38(36-58)28-29-56(52)60/h1-34H. The van der Waals surface area contributed by atoms with E-state index in [0.717, 1.165) is 88.7 Å². The van der Waals surface area contributed by atoms with E-state index >= 15 is 0 Å². The fourth-order valence-corrected chi connectivity index (χ4v) is 9.18. The SMILES string of the molecule is N#Cc1cccc(-c2ccccc2-c2ccccc2-c2ccccc2-c2cc(-n3c4ccccc4c4ccccc43)cc(-n3c4ccccc4c4cc(C#N)ccc43)c2)c1. The first-order chi connectivity index (χ1) is 29.7. The largest absolute Gasteiger partial charge is 0.309 e. The van der Waals surface area contributed by atoms with Crippen LogP contribution in [0.3, 0.4) is 0 Å². The summed E-state index contributed by atoms with van der Waals surface area (Å²) in [6.45, 7) is 0. The lowest BCUT2D eigenvalue weighted by atomic mass is 9.86. The van der Waals surface area contributed by atoms with E-state index in [2.05, 4.69) is 197 Å². The third-order valence-electron chi connectivity index (χ3n) is 11.8. The fourth-order valence-electron chi connectivity index (χ4n) is 9.18. The van der Waals surface area contributed by atoms with Crippen LogP contribution in [0.2, 0.25) is 0 Å². The van der Waals surface area contributed by atoms with Gasteiger partial charge in [0.05, 0.1) is 45.3 Å². The maximum Gasteiger partial charge on any atom is 0.0991 e. The molecule has 4 nitrogen and oxygen atoms in total. The number of hydrogen-bond acceptors (Lipinski definition) is 2. The van der Waals surface area contributed by atoms with Gasteiger partial charge in [0, 0.05) is 32.9 Å². The molecule has 0 aliphatic carbocycles. The number of rotatable bonds is 6. The Morgan fingerprint density at radius 1 is 0.283 bits per heavy atom. The van der Waals surface area contributed by atoms with E-state index in [1.807, 2.05) is 30.3 Å². The normalized spacial score (nSPS) is 11.3. The number of hydrogen-bond donors (Lipinski definition) is 0. The van der Waals surface area contributed by atoms with Gasteiger partial charge in [-0.05, 0) is 111 Å². The van der Waals surface area contributed by atoms with Gasteiger partial charge in [0.15, 0.2) is 0 Å². The van der Waals surface area contributed by atoms with Gasteiger partial charge in [-0.15, -0.1) is 0 Å². The average molecular weight is 763 g/mol. The molecule has 0 aliphatic rings. The third kappa shape index (κ3) is 5.59. The minimum Gasteiger partial charge on any atom is -0.309 e. The van der Waals surface area contributed by atoms with Crippen LogP contribution in [0.1, 0.15) is 11.1 Å². The molecular weight excluding hydrogens is 729 g/mol. The summed E-state index contributed by atoms with van der Waals surface area (Å²) in [6, 6.07) is 77.0. The molecule has 0 saturated carbocycles. The Morgan fingerprint density at radius 3 is 1.20 bits per heavy atom. The van der Waals surface area contributed by atoms with Crippen LogP contribution >= 0.6 is 0 Å². The molecule has 278 valence electrons. The predicted octanol–water partition coefficient (Wildman–Crippen LogP) is 14.3. The first kappa shape index (κ1) is 34.8. The monoisotopic (exact) mass is 762 g/mol. The van der Waals surface area contributed by atoms with E-state index in [1.54, 1.807) is 0 Å². The summed E-state index contributed by atoms with van der Waals surface area (Å²) in [7, 11) is 0. The van der Waals surface area contributed by atoms with E-state index < -0.39 is 0 Å². The molecule has 0 aliphatic heterocycles. The lowest BCUT2D eigenvalue weighted by molar-refractivity contribution is 1.13. The van der Waals surface area contributed by atoms with Crippen molar-refractivity contribution in [2.75, 3.05) is 0 Å². The van der Waals surface area contributed by atoms with Crippen LogP contribution in [0.4, 0.5) is 0 Å². The molecule has 0 saturated heterocycles. The minimum atomic E-state index is 0.633. The van der Waals surface area contributed by atoms with Crippen molar-refractivity contribution in [3.05, 3.63) is 217 Å². The Morgan fingerprint density at radius 2 is 0.683 bits per heavy atom. The van der Waals surface area contributed by atoms with Crippen molar-refractivity contribution in [3.63, 3.8) is 0 Å². The van der Waals surface area contributed by atoms with Crippen LogP contribution in [0.15, 0.2) is 206 Å². The number of fused-ring (bicyclic) bond motifs is 6. The van der Waals surface area contributed by atoms with Crippen LogP contribution in [-0.2, 0) is 0 Å². The average Bonchev–Trinajstić information content (AvgIpc) is 3.84. The van der Waals surface area contributed by atoms with Crippen molar-refractivity contribution in [2.45, 2.75) is 0 Å². The summed E-state index contributed by atoms with van der Waals surface area (Å²) in [4.78, 5) is 0. The Hall–Kier alpha value is -8.44. The summed E-state index contributed by atoms with van der Waals surface area (Å²) in [5, 5.41) is 24.2. The molecule has 0 spiro atoms. The van der Waals surface area contributed by atoms with Crippen molar-refractivity contribution in [1.29, 1.82) is 10.5 Å². The maximum atomic E-state index is 9.91. The van der Waals surface area contributed by atoms with Gasteiger partial charge in [-0.3, -0.25) is 0 Å². The van der Waals surface area contributed by atoms with Gasteiger partial charge in [-0.2, -0.15) is 10.5 Å². The van der Waals surface area contributed by atoms with Gasteiger partial charge >= 0.3 is 0 Å². The first-order valence-corrected chi connectivity index (χ1v) is 20.0. The number of nitrogens with zero attached hydrogens (tertiary/aromatic N) is 4. The van der Waals surface area contributed by atoms with Gasteiger partial charge in [0.1, 0.15) is 0 Å². The summed E-state index contributed by atoms with van der Waals surface area (Å²) in [6.07, 6.45) is 0. The van der Waals surface area contributed by atoms with Gasteiger partial charge in [0.25, 0.3) is 0 Å². The van der Waals surface area contributed by atoms with E-state index in [9.17, 15) is 10.5 Å². The predicted molar refractivity (Wildman–Crippen MR) is 246 cm³/mol. The van der Waals surface area contributed by atoms with E-state index in [4.69, 9.17) is 0 Å². The highest BCUT2D eigenvalue weighted by molar-refractivity contribution is 6.11. The molecule has 0 bridgehead atoms. The van der Waals surface area contributed by atoms with E-state index in [0.29, 0.717) is 11.1 Å². The van der Waals surface area contributed by atoms with E-state index in [1.165, 1.54) is 10.8 Å². The van der Waals surface area contributed by atoms with Gasteiger partial charge < -0.3 is 9.13 Å². The second-order valence-electron chi connectivity index (χ2n) is 15.1. The quantitative estimate of drug-likeness (QED) is 0.169. The molecule has 4 heteroatoms. The second kappa shape index (κ2) is 14.2. The molecule has 11 rings (SSSR count). The summed E-state index contributed by atoms with van der Waals surface area (Å²) < 4.78 is 4.73. The highest BCUT2D eigenvalue weighted by Gasteiger charge is 2.20. The number of nitriles is 2. The highest BCUT2D eigenvalue weighted by Crippen LogP contribution is 2.44. The van der Waals surface area contributed by atoms with Crippen LogP contribution in [0.25, 0.3) is 99.5 Å². The molecule has 0 atom stereocenters. The molecule has 11 aromatic rings. The molecule has 60 heavy (non-hydrogen) atoms. The van der Waals surface area contributed by atoms with Crippen molar-refractivity contribution >= 4 is 43.6 Å².